The normalized spacial score (nSPS) is 12.7. The van der Waals surface area contributed by atoms with E-state index in [-0.39, 0.29) is 35.7 Å². The average Bonchev–Trinajstić information content (AvgIpc) is 2.95. The number of amides is 2. The van der Waals surface area contributed by atoms with Gasteiger partial charge in [-0.05, 0) is 81.3 Å². The number of nitrogens with zero attached hydrogens (tertiary/aromatic N) is 2. The molecule has 0 saturated heterocycles. The van der Waals surface area contributed by atoms with Crippen LogP contribution < -0.4 is 14.4 Å². The number of nitrogens with one attached hydrogen (secondary N) is 1. The van der Waals surface area contributed by atoms with Crippen molar-refractivity contribution < 1.29 is 22.7 Å². The smallest absolute Gasteiger partial charge is 0.264 e. The second-order valence-corrected chi connectivity index (χ2v) is 12.2. The highest BCUT2D eigenvalue weighted by Gasteiger charge is 2.34. The number of hydrogen-bond acceptors (Lipinski definition) is 5. The van der Waals surface area contributed by atoms with E-state index in [0.717, 1.165) is 9.87 Å². The Bertz CT molecular complexity index is 1430. The highest BCUT2D eigenvalue weighted by Crippen LogP contribution is 2.33. The molecule has 0 fully saturated rings. The highest BCUT2D eigenvalue weighted by atomic mass is 35.5. The number of benzene rings is 3. The lowest BCUT2D eigenvalue weighted by atomic mass is 10.1. The number of carbonyl (C=O) groups is 2. The summed E-state index contributed by atoms with van der Waals surface area (Å²) < 4.78 is 34.8. The first-order valence-corrected chi connectivity index (χ1v) is 15.5. The van der Waals surface area contributed by atoms with E-state index >= 15 is 0 Å². The van der Waals surface area contributed by atoms with E-state index in [1.54, 1.807) is 62.4 Å². The molecule has 3 aromatic carbocycles. The minimum Gasteiger partial charge on any atom is -0.492 e. The van der Waals surface area contributed by atoms with E-state index in [1.165, 1.54) is 29.2 Å². The molecule has 0 aliphatic heterocycles. The molecule has 3 rings (SSSR count). The van der Waals surface area contributed by atoms with Crippen LogP contribution in [0.25, 0.3) is 0 Å². The lowest BCUT2D eigenvalue weighted by Crippen LogP contribution is -2.52. The fourth-order valence-electron chi connectivity index (χ4n) is 4.02. The molecule has 220 valence electrons. The molecule has 0 radical (unpaired) electrons. The van der Waals surface area contributed by atoms with E-state index in [0.29, 0.717) is 22.2 Å². The Labute approximate surface area is 252 Å². The van der Waals surface area contributed by atoms with Crippen LogP contribution in [0.5, 0.6) is 5.75 Å². The van der Waals surface area contributed by atoms with E-state index in [9.17, 15) is 18.0 Å². The third-order valence-corrected chi connectivity index (χ3v) is 8.83. The van der Waals surface area contributed by atoms with Crippen LogP contribution in [0.15, 0.2) is 77.7 Å². The zero-order valence-corrected chi connectivity index (χ0v) is 25.8. The molecule has 0 aliphatic rings. The maximum Gasteiger partial charge on any atom is 0.264 e. The number of rotatable bonds is 13. The molecule has 0 unspecified atom stereocenters. The molecule has 1 N–H and O–H groups in total. The summed E-state index contributed by atoms with van der Waals surface area (Å²) in [5, 5.41) is 3.81. The monoisotopic (exact) mass is 619 g/mol. The van der Waals surface area contributed by atoms with Crippen LogP contribution in [0.3, 0.4) is 0 Å². The summed E-state index contributed by atoms with van der Waals surface area (Å²) in [6.45, 7) is 7.00. The van der Waals surface area contributed by atoms with Crippen LogP contribution in [0.4, 0.5) is 5.69 Å². The first-order valence-electron chi connectivity index (χ1n) is 13.3. The van der Waals surface area contributed by atoms with Crippen LogP contribution in [0, 0.1) is 0 Å². The Kier molecular flexibility index (Phi) is 11.5. The summed E-state index contributed by atoms with van der Waals surface area (Å²) in [6.07, 6.45) is 0.713. The second-order valence-electron chi connectivity index (χ2n) is 9.51. The summed E-state index contributed by atoms with van der Waals surface area (Å²) in [6, 6.07) is 18.2. The van der Waals surface area contributed by atoms with Gasteiger partial charge in [-0.25, -0.2) is 8.42 Å². The van der Waals surface area contributed by atoms with Crippen molar-refractivity contribution in [3.8, 4) is 5.75 Å². The van der Waals surface area contributed by atoms with Crippen molar-refractivity contribution >= 4 is 50.7 Å². The van der Waals surface area contributed by atoms with Gasteiger partial charge in [0.05, 0.1) is 17.2 Å². The van der Waals surface area contributed by atoms with Crippen LogP contribution in [0.1, 0.15) is 39.7 Å². The molecule has 0 bridgehead atoms. The van der Waals surface area contributed by atoms with Crippen LogP contribution in [0.2, 0.25) is 10.0 Å². The number of anilines is 1. The van der Waals surface area contributed by atoms with Gasteiger partial charge >= 0.3 is 0 Å². The van der Waals surface area contributed by atoms with E-state index in [1.807, 2.05) is 13.8 Å². The van der Waals surface area contributed by atoms with Gasteiger partial charge in [-0.1, -0.05) is 54.4 Å². The zero-order valence-electron chi connectivity index (χ0n) is 23.5. The number of ether oxygens (including phenoxy) is 1. The maximum atomic E-state index is 14.1. The Morgan fingerprint density at radius 1 is 0.902 bits per heavy atom. The number of halogens is 2. The SMILES string of the molecule is CCOc1ccccc1N(CC(=O)N(Cc1ccc(Cl)cc1)[C@H](C)C(=O)N[C@@H](C)CC)S(=O)(=O)c1ccc(Cl)cc1. The topological polar surface area (TPSA) is 96.0 Å². The quantitative estimate of drug-likeness (QED) is 0.256. The van der Waals surface area contributed by atoms with Crippen LogP contribution in [-0.4, -0.2) is 50.4 Å². The summed E-state index contributed by atoms with van der Waals surface area (Å²) in [5.74, 6) is -0.619. The molecule has 3 aromatic rings. The van der Waals surface area contributed by atoms with Crippen molar-refractivity contribution in [3.63, 3.8) is 0 Å². The number of hydrogen-bond donors (Lipinski definition) is 1. The van der Waals surface area contributed by atoms with Gasteiger partial charge in [0.2, 0.25) is 11.8 Å². The first kappa shape index (κ1) is 32.2. The summed E-state index contributed by atoms with van der Waals surface area (Å²) >= 11 is 12.1. The van der Waals surface area contributed by atoms with Gasteiger partial charge < -0.3 is 15.0 Å². The van der Waals surface area contributed by atoms with Crippen molar-refractivity contribution in [3.05, 3.63) is 88.4 Å². The van der Waals surface area contributed by atoms with E-state index in [2.05, 4.69) is 5.32 Å². The molecule has 11 heteroatoms. The Hall–Kier alpha value is -3.27. The van der Waals surface area contributed by atoms with Gasteiger partial charge in [-0.3, -0.25) is 13.9 Å². The summed E-state index contributed by atoms with van der Waals surface area (Å²) in [5.41, 5.74) is 0.925. The highest BCUT2D eigenvalue weighted by molar-refractivity contribution is 7.92. The number of para-hydroxylation sites is 2. The van der Waals surface area contributed by atoms with Gasteiger partial charge in [0.15, 0.2) is 0 Å². The minimum atomic E-state index is -4.26. The van der Waals surface area contributed by atoms with Crippen molar-refractivity contribution in [1.29, 1.82) is 0 Å². The first-order chi connectivity index (χ1) is 19.5. The molecule has 2 amide bonds. The third-order valence-electron chi connectivity index (χ3n) is 6.55. The number of sulfonamides is 1. The standard InChI is InChI=1S/C30H35Cl2N3O5S/c1-5-21(3)33-30(37)22(4)34(19-23-11-13-24(31)14-12-23)29(36)20-35(27-9-7-8-10-28(27)40-6-2)41(38,39)26-17-15-25(32)16-18-26/h7-18,21-22H,5-6,19-20H2,1-4H3,(H,33,37)/t21-,22+/m0/s1. The summed E-state index contributed by atoms with van der Waals surface area (Å²) in [7, 11) is -4.26. The molecular weight excluding hydrogens is 585 g/mol. The van der Waals surface area contributed by atoms with Gasteiger partial charge in [0.25, 0.3) is 10.0 Å². The van der Waals surface area contributed by atoms with Crippen LogP contribution >= 0.6 is 23.2 Å². The lowest BCUT2D eigenvalue weighted by Gasteiger charge is -2.33. The van der Waals surface area contributed by atoms with Crippen LogP contribution in [-0.2, 0) is 26.2 Å². The fraction of sp³-hybridized carbons (Fsp3) is 0.333. The predicted octanol–water partition coefficient (Wildman–Crippen LogP) is 5.92. The van der Waals surface area contributed by atoms with Crippen molar-refractivity contribution in [2.45, 2.75) is 57.6 Å². The molecule has 0 saturated carbocycles. The van der Waals surface area contributed by atoms with Crippen molar-refractivity contribution in [2.75, 3.05) is 17.5 Å². The third kappa shape index (κ3) is 8.38. The van der Waals surface area contributed by atoms with Gasteiger partial charge in [-0.2, -0.15) is 0 Å². The molecule has 2 atom stereocenters. The zero-order chi connectivity index (χ0) is 30.2. The van der Waals surface area contributed by atoms with Gasteiger partial charge in [0, 0.05) is 22.6 Å². The minimum absolute atomic E-state index is 0.0483. The average molecular weight is 621 g/mol. The van der Waals surface area contributed by atoms with Gasteiger partial charge in [-0.15, -0.1) is 0 Å². The number of carbonyl (C=O) groups excluding carboxylic acids is 2. The molecule has 0 aliphatic carbocycles. The Morgan fingerprint density at radius 3 is 2.07 bits per heavy atom. The Morgan fingerprint density at radius 2 is 1.49 bits per heavy atom. The molecular formula is C30H35Cl2N3O5S. The molecule has 0 aromatic heterocycles. The largest absolute Gasteiger partial charge is 0.492 e. The van der Waals surface area contributed by atoms with E-state index in [4.69, 9.17) is 27.9 Å². The predicted molar refractivity (Wildman–Crippen MR) is 163 cm³/mol. The molecule has 41 heavy (non-hydrogen) atoms. The molecule has 8 nitrogen and oxygen atoms in total. The lowest BCUT2D eigenvalue weighted by molar-refractivity contribution is -0.139. The summed E-state index contributed by atoms with van der Waals surface area (Å²) in [4.78, 5) is 28.5. The van der Waals surface area contributed by atoms with E-state index < -0.39 is 28.5 Å². The second kappa shape index (κ2) is 14.6. The fourth-order valence-corrected chi connectivity index (χ4v) is 5.70. The Balaban J connectivity index is 2.07. The molecule has 0 spiro atoms. The molecule has 0 heterocycles. The maximum absolute atomic E-state index is 14.1. The van der Waals surface area contributed by atoms with Gasteiger partial charge in [0.1, 0.15) is 18.3 Å². The van der Waals surface area contributed by atoms with Crippen molar-refractivity contribution in [1.82, 2.24) is 10.2 Å². The van der Waals surface area contributed by atoms with Crippen molar-refractivity contribution in [2.24, 2.45) is 0 Å².